The van der Waals surface area contributed by atoms with Crippen molar-refractivity contribution in [3.63, 3.8) is 0 Å². The molecule has 3 N–H and O–H groups in total. The number of carbonyl (C=O) groups is 1. The molecule has 4 nitrogen and oxygen atoms in total. The molecule has 1 aromatic carbocycles. The molecule has 6 heteroatoms. The Balaban J connectivity index is 2.48. The summed E-state index contributed by atoms with van der Waals surface area (Å²) in [7, 11) is 0. The Morgan fingerprint density at radius 3 is 2.38 bits per heavy atom. The van der Waals surface area contributed by atoms with Gasteiger partial charge in [0.2, 0.25) is 0 Å². The normalized spacial score (nSPS) is 14.0. The van der Waals surface area contributed by atoms with E-state index in [0.29, 0.717) is 12.4 Å². The van der Waals surface area contributed by atoms with Crippen molar-refractivity contribution in [3.05, 3.63) is 41.1 Å². The van der Waals surface area contributed by atoms with Crippen molar-refractivity contribution in [2.45, 2.75) is 0 Å². The molecule has 0 radical (unpaired) electrons. The Labute approximate surface area is 89.6 Å². The van der Waals surface area contributed by atoms with Crippen LogP contribution < -0.4 is 10.6 Å². The number of benzene rings is 1. The summed E-state index contributed by atoms with van der Waals surface area (Å²) in [5.74, 6) is -3.79. The molecule has 0 aliphatic carbocycles. The van der Waals surface area contributed by atoms with Gasteiger partial charge >= 0.3 is 5.97 Å². The van der Waals surface area contributed by atoms with E-state index in [-0.39, 0.29) is 5.56 Å². The molecule has 84 valence electrons. The van der Waals surface area contributed by atoms with Gasteiger partial charge in [-0.25, -0.2) is 13.6 Å². The molecule has 0 saturated carbocycles. The maximum atomic E-state index is 13.3. The first-order valence-electron chi connectivity index (χ1n) is 4.49. The summed E-state index contributed by atoms with van der Waals surface area (Å²) in [5, 5.41) is 14.2. The highest BCUT2D eigenvalue weighted by atomic mass is 19.1. The molecule has 16 heavy (non-hydrogen) atoms. The highest BCUT2D eigenvalue weighted by Gasteiger charge is 2.19. The summed E-state index contributed by atoms with van der Waals surface area (Å²) in [6, 6.07) is 1.97. The standard InChI is InChI=1S/C10H8F2N2O2/c11-6-1-5(8-3-13-4-14-8)2-7(12)9(6)10(15)16/h1-3,13-14H,4H2,(H,15,16). The van der Waals surface area contributed by atoms with Gasteiger partial charge < -0.3 is 15.7 Å². The molecule has 0 aromatic heterocycles. The van der Waals surface area contributed by atoms with Crippen LogP contribution in [-0.4, -0.2) is 17.7 Å². The van der Waals surface area contributed by atoms with Crippen LogP contribution in [0, 0.1) is 11.6 Å². The third kappa shape index (κ3) is 1.69. The first-order valence-corrected chi connectivity index (χ1v) is 4.49. The van der Waals surface area contributed by atoms with E-state index in [1.54, 1.807) is 6.20 Å². The minimum absolute atomic E-state index is 0.269. The lowest BCUT2D eigenvalue weighted by Gasteiger charge is -2.06. The second kappa shape index (κ2) is 3.80. The van der Waals surface area contributed by atoms with Crippen molar-refractivity contribution in [3.8, 4) is 0 Å². The second-order valence-electron chi connectivity index (χ2n) is 3.24. The molecule has 1 aliphatic heterocycles. The van der Waals surface area contributed by atoms with Crippen molar-refractivity contribution in [1.82, 2.24) is 10.6 Å². The molecular weight excluding hydrogens is 218 g/mol. The van der Waals surface area contributed by atoms with E-state index in [4.69, 9.17) is 5.11 Å². The van der Waals surface area contributed by atoms with Crippen LogP contribution in [0.3, 0.4) is 0 Å². The lowest BCUT2D eigenvalue weighted by Crippen LogP contribution is -2.14. The molecule has 0 bridgehead atoms. The Morgan fingerprint density at radius 2 is 1.94 bits per heavy atom. The molecule has 1 aromatic rings. The zero-order valence-corrected chi connectivity index (χ0v) is 8.05. The number of rotatable bonds is 2. The number of halogens is 2. The van der Waals surface area contributed by atoms with Gasteiger partial charge in [-0.15, -0.1) is 0 Å². The van der Waals surface area contributed by atoms with Gasteiger partial charge in [0.25, 0.3) is 0 Å². The van der Waals surface area contributed by atoms with Crippen LogP contribution in [0.4, 0.5) is 8.78 Å². The predicted molar refractivity (Wildman–Crippen MR) is 52.4 cm³/mol. The molecule has 0 spiro atoms. The molecule has 0 unspecified atom stereocenters. The summed E-state index contributed by atoms with van der Waals surface area (Å²) >= 11 is 0. The average molecular weight is 226 g/mol. The Bertz CT molecular complexity index is 463. The van der Waals surface area contributed by atoms with E-state index < -0.39 is 23.2 Å². The number of hydrogen-bond donors (Lipinski definition) is 3. The maximum absolute atomic E-state index is 13.3. The second-order valence-corrected chi connectivity index (χ2v) is 3.24. The topological polar surface area (TPSA) is 61.4 Å². The summed E-state index contributed by atoms with van der Waals surface area (Å²) in [6.07, 6.45) is 1.56. The van der Waals surface area contributed by atoms with Gasteiger partial charge in [0.05, 0.1) is 12.4 Å². The molecule has 1 heterocycles. The molecule has 0 amide bonds. The quantitative estimate of drug-likeness (QED) is 0.707. The van der Waals surface area contributed by atoms with Gasteiger partial charge in [0.15, 0.2) is 0 Å². The van der Waals surface area contributed by atoms with Gasteiger partial charge in [0, 0.05) is 11.8 Å². The molecule has 0 saturated heterocycles. The van der Waals surface area contributed by atoms with Crippen LogP contribution in [0.1, 0.15) is 15.9 Å². The largest absolute Gasteiger partial charge is 0.477 e. The van der Waals surface area contributed by atoms with Gasteiger partial charge in [0.1, 0.15) is 17.2 Å². The Hall–Kier alpha value is -2.11. The van der Waals surface area contributed by atoms with E-state index >= 15 is 0 Å². The summed E-state index contributed by atoms with van der Waals surface area (Å²) < 4.78 is 26.6. The maximum Gasteiger partial charge on any atom is 0.341 e. The number of hydrogen-bond acceptors (Lipinski definition) is 3. The molecule has 0 fully saturated rings. The van der Waals surface area contributed by atoms with E-state index in [1.807, 2.05) is 0 Å². The molecule has 2 rings (SSSR count). The fraction of sp³-hybridized carbons (Fsp3) is 0.100. The summed E-state index contributed by atoms with van der Waals surface area (Å²) in [5.41, 5.74) is -0.143. The fourth-order valence-corrected chi connectivity index (χ4v) is 1.47. The van der Waals surface area contributed by atoms with Crippen LogP contribution in [0.5, 0.6) is 0 Å². The van der Waals surface area contributed by atoms with E-state index in [1.165, 1.54) is 0 Å². The van der Waals surface area contributed by atoms with Crippen molar-refractivity contribution in [2.24, 2.45) is 0 Å². The van der Waals surface area contributed by atoms with Crippen LogP contribution in [0.15, 0.2) is 18.3 Å². The van der Waals surface area contributed by atoms with Crippen LogP contribution >= 0.6 is 0 Å². The number of carboxylic acid groups (broad SMARTS) is 1. The molecule has 1 aliphatic rings. The van der Waals surface area contributed by atoms with Gasteiger partial charge in [-0.05, 0) is 12.1 Å². The highest BCUT2D eigenvalue weighted by Crippen LogP contribution is 2.20. The van der Waals surface area contributed by atoms with E-state index in [0.717, 1.165) is 12.1 Å². The van der Waals surface area contributed by atoms with E-state index in [9.17, 15) is 13.6 Å². The van der Waals surface area contributed by atoms with Gasteiger partial charge in [-0.3, -0.25) is 0 Å². The van der Waals surface area contributed by atoms with Crippen LogP contribution in [0.25, 0.3) is 5.70 Å². The Kier molecular flexibility index (Phi) is 2.47. The van der Waals surface area contributed by atoms with Crippen LogP contribution in [0.2, 0.25) is 0 Å². The van der Waals surface area contributed by atoms with Crippen molar-refractivity contribution in [2.75, 3.05) is 6.67 Å². The number of aromatic carboxylic acids is 1. The minimum Gasteiger partial charge on any atom is -0.477 e. The van der Waals surface area contributed by atoms with Crippen LogP contribution in [-0.2, 0) is 0 Å². The van der Waals surface area contributed by atoms with Gasteiger partial charge in [-0.1, -0.05) is 0 Å². The SMILES string of the molecule is O=C(O)c1c(F)cc(C2=CNCN2)cc1F. The first-order chi connectivity index (χ1) is 7.59. The smallest absolute Gasteiger partial charge is 0.341 e. The molecular formula is C10H8F2N2O2. The lowest BCUT2D eigenvalue weighted by atomic mass is 10.1. The lowest BCUT2D eigenvalue weighted by molar-refractivity contribution is 0.0686. The summed E-state index contributed by atoms with van der Waals surface area (Å²) in [6.45, 7) is 0.471. The zero-order chi connectivity index (χ0) is 11.7. The third-order valence-electron chi connectivity index (χ3n) is 2.19. The van der Waals surface area contributed by atoms with E-state index in [2.05, 4.69) is 10.6 Å². The third-order valence-corrected chi connectivity index (χ3v) is 2.19. The zero-order valence-electron chi connectivity index (χ0n) is 8.05. The van der Waals surface area contributed by atoms with Crippen molar-refractivity contribution < 1.29 is 18.7 Å². The average Bonchev–Trinajstić information content (AvgIpc) is 2.67. The van der Waals surface area contributed by atoms with Crippen molar-refractivity contribution >= 4 is 11.7 Å². The predicted octanol–water partition coefficient (Wildman–Crippen LogP) is 1.11. The van der Waals surface area contributed by atoms with Gasteiger partial charge in [-0.2, -0.15) is 0 Å². The highest BCUT2D eigenvalue weighted by molar-refractivity contribution is 5.88. The fourth-order valence-electron chi connectivity index (χ4n) is 1.47. The summed E-state index contributed by atoms with van der Waals surface area (Å²) in [4.78, 5) is 10.6. The van der Waals surface area contributed by atoms with Crippen molar-refractivity contribution in [1.29, 1.82) is 0 Å². The minimum atomic E-state index is -1.62. The number of nitrogens with one attached hydrogen (secondary N) is 2. The first kappa shape index (κ1) is 10.4. The number of carboxylic acids is 1. The monoisotopic (exact) mass is 226 g/mol. The Morgan fingerprint density at radius 1 is 1.31 bits per heavy atom. The molecule has 0 atom stereocenters.